The molecule has 7 nitrogen and oxygen atoms in total. The van der Waals surface area contributed by atoms with Crippen molar-refractivity contribution in [3.63, 3.8) is 0 Å². The van der Waals surface area contributed by atoms with Gasteiger partial charge in [0.25, 0.3) is 0 Å². The molecule has 0 heterocycles. The SMILES string of the molecule is COc1ccc(OCCCC(=O)Nc2cc(C(=O)O)ccc2O)cc1. The number of ether oxygens (including phenoxy) is 2. The molecule has 0 aliphatic carbocycles. The number of anilines is 1. The molecule has 0 saturated carbocycles. The number of carboxylic acid groups (broad SMARTS) is 1. The maximum absolute atomic E-state index is 11.9. The summed E-state index contributed by atoms with van der Waals surface area (Å²) in [6.07, 6.45) is 0.643. The lowest BCUT2D eigenvalue weighted by atomic mass is 10.2. The highest BCUT2D eigenvalue weighted by Crippen LogP contribution is 2.24. The van der Waals surface area contributed by atoms with Gasteiger partial charge in [0.15, 0.2) is 0 Å². The molecule has 0 atom stereocenters. The Bertz CT molecular complexity index is 742. The summed E-state index contributed by atoms with van der Waals surface area (Å²) in [5.41, 5.74) is 0.0527. The zero-order valence-corrected chi connectivity index (χ0v) is 13.7. The summed E-state index contributed by atoms with van der Waals surface area (Å²) in [7, 11) is 1.58. The van der Waals surface area contributed by atoms with Crippen LogP contribution >= 0.6 is 0 Å². The second-order valence-corrected chi connectivity index (χ2v) is 5.21. The molecule has 2 aromatic carbocycles. The maximum Gasteiger partial charge on any atom is 0.335 e. The van der Waals surface area contributed by atoms with Crippen LogP contribution in [0.4, 0.5) is 5.69 Å². The van der Waals surface area contributed by atoms with E-state index in [9.17, 15) is 14.7 Å². The number of methoxy groups -OCH3 is 1. The Balaban J connectivity index is 1.78. The van der Waals surface area contributed by atoms with Crippen molar-refractivity contribution >= 4 is 17.6 Å². The highest BCUT2D eigenvalue weighted by atomic mass is 16.5. The van der Waals surface area contributed by atoms with Gasteiger partial charge in [-0.1, -0.05) is 0 Å². The summed E-state index contributed by atoms with van der Waals surface area (Å²) in [6, 6.07) is 10.8. The summed E-state index contributed by atoms with van der Waals surface area (Å²) >= 11 is 0. The molecule has 3 N–H and O–H groups in total. The number of hydrogen-bond donors (Lipinski definition) is 3. The second-order valence-electron chi connectivity index (χ2n) is 5.21. The minimum atomic E-state index is -1.14. The maximum atomic E-state index is 11.9. The number of carbonyl (C=O) groups excluding carboxylic acids is 1. The fourth-order valence-electron chi connectivity index (χ4n) is 2.08. The molecule has 132 valence electrons. The monoisotopic (exact) mass is 345 g/mol. The molecular formula is C18H19NO6. The summed E-state index contributed by atoms with van der Waals surface area (Å²) in [4.78, 5) is 22.8. The number of amides is 1. The van der Waals surface area contributed by atoms with Gasteiger partial charge in [-0.25, -0.2) is 4.79 Å². The Kier molecular flexibility index (Phi) is 6.22. The Morgan fingerprint density at radius 1 is 1.08 bits per heavy atom. The summed E-state index contributed by atoms with van der Waals surface area (Å²) in [6.45, 7) is 0.348. The number of carboxylic acids is 1. The van der Waals surface area contributed by atoms with Gasteiger partial charge >= 0.3 is 5.97 Å². The predicted molar refractivity (Wildman–Crippen MR) is 91.4 cm³/mol. The molecule has 25 heavy (non-hydrogen) atoms. The number of nitrogens with one attached hydrogen (secondary N) is 1. The number of aromatic hydroxyl groups is 1. The lowest BCUT2D eigenvalue weighted by Gasteiger charge is -2.09. The molecule has 1 amide bonds. The Morgan fingerprint density at radius 3 is 2.40 bits per heavy atom. The topological polar surface area (TPSA) is 105 Å². The zero-order valence-electron chi connectivity index (χ0n) is 13.7. The number of aromatic carboxylic acids is 1. The molecule has 0 radical (unpaired) electrons. The van der Waals surface area contributed by atoms with Crippen LogP contribution in [0.3, 0.4) is 0 Å². The third-order valence-electron chi connectivity index (χ3n) is 3.39. The normalized spacial score (nSPS) is 10.1. The Labute approximate surface area is 144 Å². The van der Waals surface area contributed by atoms with E-state index in [1.54, 1.807) is 31.4 Å². The van der Waals surface area contributed by atoms with Crippen molar-refractivity contribution in [3.05, 3.63) is 48.0 Å². The van der Waals surface area contributed by atoms with Crippen LogP contribution in [0.5, 0.6) is 17.2 Å². The summed E-state index contributed by atoms with van der Waals surface area (Å²) in [5, 5.41) is 21.1. The first kappa shape index (κ1) is 18.1. The van der Waals surface area contributed by atoms with Crippen LogP contribution in [-0.2, 0) is 4.79 Å². The van der Waals surface area contributed by atoms with Crippen LogP contribution in [0.2, 0.25) is 0 Å². The van der Waals surface area contributed by atoms with Crippen molar-refractivity contribution in [3.8, 4) is 17.2 Å². The molecule has 0 saturated heterocycles. The number of phenols is 1. The van der Waals surface area contributed by atoms with Gasteiger partial charge in [0.1, 0.15) is 17.2 Å². The van der Waals surface area contributed by atoms with Gasteiger partial charge in [0, 0.05) is 6.42 Å². The highest BCUT2D eigenvalue weighted by Gasteiger charge is 2.10. The fourth-order valence-corrected chi connectivity index (χ4v) is 2.08. The van der Waals surface area contributed by atoms with Gasteiger partial charge in [0.05, 0.1) is 25.0 Å². The number of rotatable bonds is 8. The molecule has 0 bridgehead atoms. The first-order chi connectivity index (χ1) is 12.0. The summed E-state index contributed by atoms with van der Waals surface area (Å²) in [5.74, 6) is -0.254. The quantitative estimate of drug-likeness (QED) is 0.502. The highest BCUT2D eigenvalue weighted by molar-refractivity contribution is 5.95. The molecule has 0 aliphatic heterocycles. The van der Waals surface area contributed by atoms with E-state index in [-0.39, 0.29) is 29.3 Å². The Morgan fingerprint density at radius 2 is 1.76 bits per heavy atom. The minimum Gasteiger partial charge on any atom is -0.506 e. The van der Waals surface area contributed by atoms with Gasteiger partial charge in [-0.05, 0) is 48.9 Å². The summed E-state index contributed by atoms with van der Waals surface area (Å²) < 4.78 is 10.6. The standard InChI is InChI=1S/C18H19NO6/c1-24-13-5-7-14(8-6-13)25-10-2-3-17(21)19-15-11-12(18(22)23)4-9-16(15)20/h4-9,11,20H,2-3,10H2,1H3,(H,19,21)(H,22,23). The van der Waals surface area contributed by atoms with E-state index >= 15 is 0 Å². The largest absolute Gasteiger partial charge is 0.506 e. The molecule has 0 fully saturated rings. The van der Waals surface area contributed by atoms with Crippen molar-refractivity contribution in [1.29, 1.82) is 0 Å². The van der Waals surface area contributed by atoms with E-state index in [0.717, 1.165) is 5.75 Å². The van der Waals surface area contributed by atoms with Gasteiger partial charge in [-0.3, -0.25) is 4.79 Å². The number of phenolic OH excluding ortho intramolecular Hbond substituents is 1. The average molecular weight is 345 g/mol. The van der Waals surface area contributed by atoms with E-state index in [1.165, 1.54) is 18.2 Å². The molecule has 2 aromatic rings. The van der Waals surface area contributed by atoms with Gasteiger partial charge in [0.2, 0.25) is 5.91 Å². The minimum absolute atomic E-state index is 0.0176. The first-order valence-electron chi connectivity index (χ1n) is 7.62. The van der Waals surface area contributed by atoms with Crippen LogP contribution < -0.4 is 14.8 Å². The van der Waals surface area contributed by atoms with Gasteiger partial charge in [-0.2, -0.15) is 0 Å². The van der Waals surface area contributed by atoms with E-state index in [0.29, 0.717) is 18.8 Å². The number of carbonyl (C=O) groups is 2. The third kappa shape index (κ3) is 5.42. The number of hydrogen-bond acceptors (Lipinski definition) is 5. The smallest absolute Gasteiger partial charge is 0.335 e. The van der Waals surface area contributed by atoms with Crippen LogP contribution in [0, 0.1) is 0 Å². The number of benzene rings is 2. The fraction of sp³-hybridized carbons (Fsp3) is 0.222. The molecule has 2 rings (SSSR count). The molecule has 0 aliphatic rings. The van der Waals surface area contributed by atoms with E-state index in [4.69, 9.17) is 14.6 Å². The van der Waals surface area contributed by atoms with E-state index in [2.05, 4.69) is 5.32 Å². The van der Waals surface area contributed by atoms with Crippen LogP contribution in [0.15, 0.2) is 42.5 Å². The average Bonchev–Trinajstić information content (AvgIpc) is 2.61. The lowest BCUT2D eigenvalue weighted by molar-refractivity contribution is -0.116. The predicted octanol–water partition coefficient (Wildman–Crippen LogP) is 2.90. The van der Waals surface area contributed by atoms with Gasteiger partial charge < -0.3 is 25.0 Å². The first-order valence-corrected chi connectivity index (χ1v) is 7.62. The zero-order chi connectivity index (χ0) is 18.2. The van der Waals surface area contributed by atoms with Crippen LogP contribution in [0.1, 0.15) is 23.2 Å². The molecule has 0 aromatic heterocycles. The van der Waals surface area contributed by atoms with Crippen molar-refractivity contribution in [2.75, 3.05) is 19.0 Å². The van der Waals surface area contributed by atoms with E-state index < -0.39 is 5.97 Å². The molecule has 0 unspecified atom stereocenters. The molecule has 0 spiro atoms. The van der Waals surface area contributed by atoms with Crippen molar-refractivity contribution in [2.45, 2.75) is 12.8 Å². The molecule has 7 heteroatoms. The second kappa shape index (κ2) is 8.58. The Hall–Kier alpha value is -3.22. The van der Waals surface area contributed by atoms with Gasteiger partial charge in [-0.15, -0.1) is 0 Å². The van der Waals surface area contributed by atoms with Crippen molar-refractivity contribution in [1.82, 2.24) is 0 Å². The molecular weight excluding hydrogens is 326 g/mol. The third-order valence-corrected chi connectivity index (χ3v) is 3.39. The van der Waals surface area contributed by atoms with Crippen LogP contribution in [0.25, 0.3) is 0 Å². The van der Waals surface area contributed by atoms with Crippen LogP contribution in [-0.4, -0.2) is 35.8 Å². The lowest BCUT2D eigenvalue weighted by Crippen LogP contribution is -2.13. The van der Waals surface area contributed by atoms with Crippen molar-refractivity contribution in [2.24, 2.45) is 0 Å². The van der Waals surface area contributed by atoms with E-state index in [1.807, 2.05) is 0 Å². The van der Waals surface area contributed by atoms with Crippen molar-refractivity contribution < 1.29 is 29.3 Å².